The fourth-order valence-corrected chi connectivity index (χ4v) is 4.11. The minimum atomic E-state index is 0.798. The minimum absolute atomic E-state index is 0.798. The Morgan fingerprint density at radius 3 is 2.03 bits per heavy atom. The lowest BCUT2D eigenvalue weighted by atomic mass is 10.1. The summed E-state index contributed by atoms with van der Waals surface area (Å²) in [5.41, 5.74) is 6.21. The number of benzene rings is 2. The third-order valence-electron chi connectivity index (χ3n) is 5.79. The first-order valence-corrected chi connectivity index (χ1v) is 10.7. The van der Waals surface area contributed by atoms with Crippen molar-refractivity contribution in [3.05, 3.63) is 71.7 Å². The quantitative estimate of drug-likeness (QED) is 0.501. The molecule has 1 aliphatic rings. The second-order valence-corrected chi connectivity index (χ2v) is 8.12. The second kappa shape index (κ2) is 7.95. The summed E-state index contributed by atoms with van der Waals surface area (Å²) in [6.45, 7) is 9.65. The van der Waals surface area contributed by atoms with Crippen LogP contribution >= 0.6 is 0 Å². The van der Waals surface area contributed by atoms with E-state index in [0.717, 1.165) is 71.6 Å². The van der Waals surface area contributed by atoms with E-state index in [2.05, 4.69) is 52.0 Å². The van der Waals surface area contributed by atoms with Crippen LogP contribution in [0.4, 0.5) is 11.6 Å². The number of aryl methyl sites for hydroxylation is 3. The average Bonchev–Trinajstić information content (AvgIpc) is 2.79. The van der Waals surface area contributed by atoms with Crippen molar-refractivity contribution >= 4 is 22.7 Å². The maximum Gasteiger partial charge on any atom is 0.150 e. The molecule has 0 atom stereocenters. The summed E-state index contributed by atoms with van der Waals surface area (Å²) in [5.74, 6) is 2.77. The zero-order valence-electron chi connectivity index (χ0n) is 18.2. The van der Waals surface area contributed by atoms with Crippen LogP contribution in [-0.2, 0) is 0 Å². The Morgan fingerprint density at radius 2 is 1.32 bits per heavy atom. The first-order valence-electron chi connectivity index (χ1n) is 10.7. The molecule has 0 unspecified atom stereocenters. The smallest absolute Gasteiger partial charge is 0.150 e. The summed E-state index contributed by atoms with van der Waals surface area (Å²) in [7, 11) is 0. The number of piperazine rings is 1. The molecular weight excluding hydrogens is 384 g/mol. The van der Waals surface area contributed by atoms with Crippen LogP contribution in [0.1, 0.15) is 17.1 Å². The number of aromatic nitrogens is 4. The largest absolute Gasteiger partial charge is 0.353 e. The highest BCUT2D eigenvalue weighted by molar-refractivity contribution is 5.76. The average molecular weight is 411 g/mol. The SMILES string of the molecule is Cc1ccc(-c2cc(N3CCN(c4nc5ccccc5nc4C)CC3)nc(C)n2)cc1. The van der Waals surface area contributed by atoms with Gasteiger partial charge in [0.25, 0.3) is 0 Å². The van der Waals surface area contributed by atoms with Crippen molar-refractivity contribution in [1.29, 1.82) is 0 Å². The highest BCUT2D eigenvalue weighted by Crippen LogP contribution is 2.25. The summed E-state index contributed by atoms with van der Waals surface area (Å²) in [5, 5.41) is 0. The molecule has 6 heteroatoms. The molecule has 0 spiro atoms. The summed E-state index contributed by atoms with van der Waals surface area (Å²) in [4.78, 5) is 23.7. The van der Waals surface area contributed by atoms with Crippen LogP contribution in [0.3, 0.4) is 0 Å². The van der Waals surface area contributed by atoms with Gasteiger partial charge in [-0.2, -0.15) is 0 Å². The second-order valence-electron chi connectivity index (χ2n) is 8.12. The zero-order valence-corrected chi connectivity index (χ0v) is 18.2. The van der Waals surface area contributed by atoms with Gasteiger partial charge in [-0.25, -0.2) is 19.9 Å². The number of hydrogen-bond acceptors (Lipinski definition) is 6. The lowest BCUT2D eigenvalue weighted by Crippen LogP contribution is -2.47. The van der Waals surface area contributed by atoms with E-state index in [1.165, 1.54) is 5.56 Å². The first kappa shape index (κ1) is 19.4. The molecule has 0 N–H and O–H groups in total. The molecule has 0 bridgehead atoms. The highest BCUT2D eigenvalue weighted by atomic mass is 15.3. The Balaban J connectivity index is 1.36. The van der Waals surface area contributed by atoms with Gasteiger partial charge in [-0.05, 0) is 32.9 Å². The van der Waals surface area contributed by atoms with Crippen LogP contribution in [0.2, 0.25) is 0 Å². The van der Waals surface area contributed by atoms with Crippen LogP contribution < -0.4 is 9.80 Å². The summed E-state index contributed by atoms with van der Waals surface area (Å²) >= 11 is 0. The molecule has 3 heterocycles. The molecule has 2 aromatic carbocycles. The Bertz CT molecular complexity index is 1230. The van der Waals surface area contributed by atoms with Gasteiger partial charge in [0.15, 0.2) is 5.82 Å². The zero-order chi connectivity index (χ0) is 21.4. The van der Waals surface area contributed by atoms with E-state index >= 15 is 0 Å². The number of rotatable bonds is 3. The van der Waals surface area contributed by atoms with Gasteiger partial charge in [-0.1, -0.05) is 42.0 Å². The monoisotopic (exact) mass is 410 g/mol. The van der Waals surface area contributed by atoms with Gasteiger partial charge in [0.2, 0.25) is 0 Å². The van der Waals surface area contributed by atoms with Gasteiger partial charge in [0.05, 0.1) is 22.4 Å². The Morgan fingerprint density at radius 1 is 0.677 bits per heavy atom. The van der Waals surface area contributed by atoms with Crippen molar-refractivity contribution in [2.24, 2.45) is 0 Å². The Hall–Kier alpha value is -3.54. The lowest BCUT2D eigenvalue weighted by molar-refractivity contribution is 0.638. The number of hydrogen-bond donors (Lipinski definition) is 0. The van der Waals surface area contributed by atoms with Crippen molar-refractivity contribution < 1.29 is 0 Å². The van der Waals surface area contributed by atoms with E-state index in [1.54, 1.807) is 0 Å². The van der Waals surface area contributed by atoms with E-state index < -0.39 is 0 Å². The van der Waals surface area contributed by atoms with Crippen molar-refractivity contribution in [3.63, 3.8) is 0 Å². The molecule has 1 fully saturated rings. The fraction of sp³-hybridized carbons (Fsp3) is 0.280. The van der Waals surface area contributed by atoms with E-state index in [9.17, 15) is 0 Å². The number of nitrogens with zero attached hydrogens (tertiary/aromatic N) is 6. The number of para-hydroxylation sites is 2. The molecule has 156 valence electrons. The molecule has 0 saturated carbocycles. The maximum absolute atomic E-state index is 4.89. The van der Waals surface area contributed by atoms with Gasteiger partial charge in [-0.3, -0.25) is 0 Å². The number of fused-ring (bicyclic) bond motifs is 1. The van der Waals surface area contributed by atoms with Gasteiger partial charge < -0.3 is 9.80 Å². The standard InChI is InChI=1S/C25H26N6/c1-17-8-10-20(11-9-17)23-16-24(28-19(3)27-23)30-12-14-31(15-13-30)25-18(2)26-21-6-4-5-7-22(21)29-25/h4-11,16H,12-15H2,1-3H3. The molecular formula is C25H26N6. The van der Waals surface area contributed by atoms with Crippen molar-refractivity contribution in [2.45, 2.75) is 20.8 Å². The van der Waals surface area contributed by atoms with Crippen LogP contribution in [0.15, 0.2) is 54.6 Å². The van der Waals surface area contributed by atoms with Gasteiger partial charge in [0, 0.05) is 37.8 Å². The Kier molecular flexibility index (Phi) is 4.98. The molecule has 0 amide bonds. The highest BCUT2D eigenvalue weighted by Gasteiger charge is 2.22. The van der Waals surface area contributed by atoms with Crippen LogP contribution in [0.5, 0.6) is 0 Å². The van der Waals surface area contributed by atoms with Gasteiger partial charge >= 0.3 is 0 Å². The van der Waals surface area contributed by atoms with E-state index in [0.29, 0.717) is 0 Å². The molecule has 5 rings (SSSR count). The third-order valence-corrected chi connectivity index (χ3v) is 5.79. The van der Waals surface area contributed by atoms with E-state index in [4.69, 9.17) is 15.0 Å². The summed E-state index contributed by atoms with van der Waals surface area (Å²) < 4.78 is 0. The molecule has 1 saturated heterocycles. The van der Waals surface area contributed by atoms with Gasteiger partial charge in [0.1, 0.15) is 11.6 Å². The van der Waals surface area contributed by atoms with Crippen LogP contribution in [0.25, 0.3) is 22.3 Å². The minimum Gasteiger partial charge on any atom is -0.353 e. The topological polar surface area (TPSA) is 58.0 Å². The predicted molar refractivity (Wildman–Crippen MR) is 126 cm³/mol. The molecule has 31 heavy (non-hydrogen) atoms. The summed E-state index contributed by atoms with van der Waals surface area (Å²) in [6, 6.07) is 18.7. The number of anilines is 2. The normalized spacial score (nSPS) is 14.3. The van der Waals surface area contributed by atoms with Gasteiger partial charge in [-0.15, -0.1) is 0 Å². The van der Waals surface area contributed by atoms with Crippen molar-refractivity contribution in [1.82, 2.24) is 19.9 Å². The van der Waals surface area contributed by atoms with Crippen LogP contribution in [-0.4, -0.2) is 46.1 Å². The predicted octanol–water partition coefficient (Wildman–Crippen LogP) is 4.34. The van der Waals surface area contributed by atoms with Crippen LogP contribution in [0, 0.1) is 20.8 Å². The fourth-order valence-electron chi connectivity index (χ4n) is 4.11. The lowest BCUT2D eigenvalue weighted by Gasteiger charge is -2.36. The molecule has 1 aliphatic heterocycles. The third kappa shape index (κ3) is 3.93. The van der Waals surface area contributed by atoms with E-state index in [-0.39, 0.29) is 0 Å². The summed E-state index contributed by atoms with van der Waals surface area (Å²) in [6.07, 6.45) is 0. The van der Waals surface area contributed by atoms with Crippen molar-refractivity contribution in [2.75, 3.05) is 36.0 Å². The van der Waals surface area contributed by atoms with Crippen molar-refractivity contribution in [3.8, 4) is 11.3 Å². The van der Waals surface area contributed by atoms with E-state index in [1.807, 2.05) is 38.1 Å². The molecule has 0 radical (unpaired) electrons. The Labute approximate surface area is 182 Å². The molecule has 0 aliphatic carbocycles. The molecule has 2 aromatic heterocycles. The first-order chi connectivity index (χ1) is 15.1. The maximum atomic E-state index is 4.89. The molecule has 6 nitrogen and oxygen atoms in total. The molecule has 4 aromatic rings.